The molecule has 31 heavy (non-hydrogen) atoms. The minimum absolute atomic E-state index is 0.182. The van der Waals surface area contributed by atoms with Gasteiger partial charge in [-0.1, -0.05) is 30.8 Å². The largest absolute Gasteiger partial charge is 0.385 e. The highest BCUT2D eigenvalue weighted by molar-refractivity contribution is 6.31. The van der Waals surface area contributed by atoms with Crippen molar-refractivity contribution in [1.82, 2.24) is 20.9 Å². The van der Waals surface area contributed by atoms with E-state index < -0.39 is 11.6 Å². The summed E-state index contributed by atoms with van der Waals surface area (Å²) in [6.07, 6.45) is 0. The van der Waals surface area contributed by atoms with Crippen molar-refractivity contribution >= 4 is 28.2 Å². The standard InChI is InChI=1S/C14H18ClN3.C10H11F2N/c1-9(2)17-10(3)16-8-13-7-11-6-12(15)4-5-14(11)18-13;1-3-13-7(2)8-5-4-6-9(11)10(8)12/h4-7,9,16-18H,3,8H2,1-2H3;4-6,13H,2-3H2,1H3. The minimum Gasteiger partial charge on any atom is -0.385 e. The van der Waals surface area contributed by atoms with Crippen molar-refractivity contribution in [2.75, 3.05) is 6.54 Å². The van der Waals surface area contributed by atoms with Crippen LogP contribution in [0.2, 0.25) is 5.02 Å². The van der Waals surface area contributed by atoms with Crippen LogP contribution in [0.25, 0.3) is 16.6 Å². The van der Waals surface area contributed by atoms with Gasteiger partial charge >= 0.3 is 0 Å². The fraction of sp³-hybridized carbons (Fsp3) is 0.250. The molecule has 0 spiro atoms. The van der Waals surface area contributed by atoms with E-state index in [0.717, 1.165) is 33.5 Å². The summed E-state index contributed by atoms with van der Waals surface area (Å²) >= 11 is 5.96. The first kappa shape index (κ1) is 24.3. The fourth-order valence-electron chi connectivity index (χ4n) is 2.91. The van der Waals surface area contributed by atoms with E-state index in [0.29, 0.717) is 24.8 Å². The third-order valence-electron chi connectivity index (χ3n) is 4.26. The first-order valence-corrected chi connectivity index (χ1v) is 10.4. The van der Waals surface area contributed by atoms with E-state index in [9.17, 15) is 8.78 Å². The van der Waals surface area contributed by atoms with Crippen molar-refractivity contribution in [2.24, 2.45) is 0 Å². The number of nitrogens with one attached hydrogen (secondary N) is 4. The summed E-state index contributed by atoms with van der Waals surface area (Å²) in [6.45, 7) is 14.9. The molecule has 0 radical (unpaired) electrons. The average molecular weight is 447 g/mol. The van der Waals surface area contributed by atoms with Gasteiger partial charge in [-0.3, -0.25) is 0 Å². The number of benzene rings is 2. The molecular weight excluding hydrogens is 418 g/mol. The van der Waals surface area contributed by atoms with Crippen molar-refractivity contribution in [1.29, 1.82) is 0 Å². The summed E-state index contributed by atoms with van der Waals surface area (Å²) in [5, 5.41) is 11.2. The van der Waals surface area contributed by atoms with Crippen LogP contribution in [-0.4, -0.2) is 17.6 Å². The minimum atomic E-state index is -0.853. The molecule has 3 rings (SSSR count). The molecule has 0 aliphatic carbocycles. The summed E-state index contributed by atoms with van der Waals surface area (Å²) in [5.41, 5.74) is 2.79. The molecule has 4 nitrogen and oxygen atoms in total. The summed E-state index contributed by atoms with van der Waals surface area (Å²) in [7, 11) is 0. The molecule has 166 valence electrons. The number of H-pyrrole nitrogens is 1. The smallest absolute Gasteiger partial charge is 0.168 e. The highest BCUT2D eigenvalue weighted by Crippen LogP contribution is 2.20. The van der Waals surface area contributed by atoms with Gasteiger partial charge in [-0.15, -0.1) is 0 Å². The van der Waals surface area contributed by atoms with Crippen LogP contribution in [0, 0.1) is 11.6 Å². The number of halogens is 3. The van der Waals surface area contributed by atoms with Crippen LogP contribution in [0.15, 0.2) is 61.4 Å². The van der Waals surface area contributed by atoms with Gasteiger partial charge in [0.1, 0.15) is 0 Å². The average Bonchev–Trinajstić information content (AvgIpc) is 3.10. The Labute approximate surface area is 187 Å². The first-order valence-electron chi connectivity index (χ1n) is 10.0. The Morgan fingerprint density at radius 2 is 1.84 bits per heavy atom. The molecule has 0 fully saturated rings. The number of aromatic amines is 1. The van der Waals surface area contributed by atoms with E-state index in [-0.39, 0.29) is 5.56 Å². The summed E-state index contributed by atoms with van der Waals surface area (Å²) in [4.78, 5) is 3.34. The third kappa shape index (κ3) is 7.33. The molecule has 2 aromatic carbocycles. The van der Waals surface area contributed by atoms with Crippen LogP contribution in [0.5, 0.6) is 0 Å². The molecule has 0 saturated heterocycles. The molecule has 1 aromatic heterocycles. The van der Waals surface area contributed by atoms with Gasteiger partial charge in [0, 0.05) is 45.5 Å². The number of fused-ring (bicyclic) bond motifs is 1. The molecule has 0 atom stereocenters. The predicted molar refractivity (Wildman–Crippen MR) is 127 cm³/mol. The highest BCUT2D eigenvalue weighted by Gasteiger charge is 2.09. The SMILES string of the molecule is C=C(NCC)c1cccc(F)c1F.C=C(NCc1cc2cc(Cl)ccc2[nH]1)NC(C)C. The Kier molecular flexibility index (Phi) is 8.94. The molecule has 7 heteroatoms. The zero-order valence-electron chi connectivity index (χ0n) is 18.1. The zero-order chi connectivity index (χ0) is 23.0. The Morgan fingerprint density at radius 1 is 1.10 bits per heavy atom. The normalized spacial score (nSPS) is 10.4. The highest BCUT2D eigenvalue weighted by atomic mass is 35.5. The van der Waals surface area contributed by atoms with E-state index in [4.69, 9.17) is 11.6 Å². The second-order valence-corrected chi connectivity index (χ2v) is 7.70. The van der Waals surface area contributed by atoms with Crippen LogP contribution >= 0.6 is 11.6 Å². The monoisotopic (exact) mass is 446 g/mol. The molecule has 0 amide bonds. The molecule has 0 aliphatic rings. The molecular formula is C24H29ClF2N4. The van der Waals surface area contributed by atoms with Crippen LogP contribution in [-0.2, 0) is 6.54 Å². The molecule has 0 unspecified atom stereocenters. The maximum absolute atomic E-state index is 13.1. The van der Waals surface area contributed by atoms with Crippen molar-refractivity contribution in [3.05, 3.63) is 89.4 Å². The van der Waals surface area contributed by atoms with Gasteiger partial charge in [0.2, 0.25) is 0 Å². The van der Waals surface area contributed by atoms with E-state index >= 15 is 0 Å². The number of rotatable bonds is 8. The maximum Gasteiger partial charge on any atom is 0.168 e. The molecule has 1 heterocycles. The van der Waals surface area contributed by atoms with Gasteiger partial charge in [0.05, 0.1) is 12.4 Å². The Bertz CT molecular complexity index is 1040. The number of hydrogen-bond donors (Lipinski definition) is 4. The lowest BCUT2D eigenvalue weighted by Gasteiger charge is -2.14. The lowest BCUT2D eigenvalue weighted by Crippen LogP contribution is -2.30. The van der Waals surface area contributed by atoms with E-state index in [1.165, 1.54) is 12.1 Å². The fourth-order valence-corrected chi connectivity index (χ4v) is 3.09. The quantitative estimate of drug-likeness (QED) is 0.347. The van der Waals surface area contributed by atoms with Gasteiger partial charge < -0.3 is 20.9 Å². The summed E-state index contributed by atoms with van der Waals surface area (Å²) in [5.74, 6) is -0.869. The van der Waals surface area contributed by atoms with E-state index in [1.807, 2.05) is 25.1 Å². The molecule has 4 N–H and O–H groups in total. The molecule has 0 bridgehead atoms. The molecule has 0 saturated carbocycles. The van der Waals surface area contributed by atoms with Crippen molar-refractivity contribution in [2.45, 2.75) is 33.4 Å². The Balaban J connectivity index is 0.000000233. The summed E-state index contributed by atoms with van der Waals surface area (Å²) < 4.78 is 25.8. The second kappa shape index (κ2) is 11.4. The van der Waals surface area contributed by atoms with Gasteiger partial charge in [0.25, 0.3) is 0 Å². The van der Waals surface area contributed by atoms with Gasteiger partial charge in [-0.25, -0.2) is 8.78 Å². The molecule has 0 aliphatic heterocycles. The Morgan fingerprint density at radius 3 is 2.52 bits per heavy atom. The molecule has 3 aromatic rings. The van der Waals surface area contributed by atoms with Crippen LogP contribution in [0.1, 0.15) is 32.0 Å². The van der Waals surface area contributed by atoms with Gasteiger partial charge in [0.15, 0.2) is 11.6 Å². The van der Waals surface area contributed by atoms with Gasteiger partial charge in [-0.05, 0) is 57.2 Å². The van der Waals surface area contributed by atoms with Gasteiger partial charge in [-0.2, -0.15) is 0 Å². The number of hydrogen-bond acceptors (Lipinski definition) is 3. The number of aromatic nitrogens is 1. The van der Waals surface area contributed by atoms with Crippen molar-refractivity contribution in [3.63, 3.8) is 0 Å². The predicted octanol–water partition coefficient (Wildman–Crippen LogP) is 5.93. The lowest BCUT2D eigenvalue weighted by atomic mass is 10.1. The first-order chi connectivity index (χ1) is 14.7. The Hall–Kier alpha value is -2.99. The van der Waals surface area contributed by atoms with Crippen LogP contribution in [0.3, 0.4) is 0 Å². The topological polar surface area (TPSA) is 51.9 Å². The third-order valence-corrected chi connectivity index (χ3v) is 4.50. The van der Waals surface area contributed by atoms with Crippen molar-refractivity contribution < 1.29 is 8.78 Å². The van der Waals surface area contributed by atoms with Crippen LogP contribution in [0.4, 0.5) is 8.78 Å². The van der Waals surface area contributed by atoms with Crippen molar-refractivity contribution in [3.8, 4) is 0 Å². The summed E-state index contributed by atoms with van der Waals surface area (Å²) in [6, 6.07) is 12.3. The zero-order valence-corrected chi connectivity index (χ0v) is 18.8. The van der Waals surface area contributed by atoms with Crippen LogP contribution < -0.4 is 16.0 Å². The van der Waals surface area contributed by atoms with E-state index in [2.05, 4.69) is 54.0 Å². The maximum atomic E-state index is 13.1. The van der Waals surface area contributed by atoms with E-state index in [1.54, 1.807) is 0 Å². The second-order valence-electron chi connectivity index (χ2n) is 7.27. The lowest BCUT2D eigenvalue weighted by molar-refractivity contribution is 0.505.